The number of methoxy groups -OCH3 is 3. The van der Waals surface area contributed by atoms with E-state index in [2.05, 4.69) is 4.84 Å². The lowest BCUT2D eigenvalue weighted by Crippen LogP contribution is -2.50. The minimum atomic E-state index is -1.31. The van der Waals surface area contributed by atoms with Gasteiger partial charge in [0, 0.05) is 21.3 Å². The van der Waals surface area contributed by atoms with Crippen LogP contribution in [0.4, 0.5) is 0 Å². The Kier molecular flexibility index (Phi) is 5.36. The van der Waals surface area contributed by atoms with Gasteiger partial charge in [0.25, 0.3) is 0 Å². The van der Waals surface area contributed by atoms with Crippen LogP contribution in [0.2, 0.25) is 0 Å². The van der Waals surface area contributed by atoms with E-state index < -0.39 is 12.1 Å². The molecule has 6 heteroatoms. The topological polar surface area (TPSA) is 72.2 Å². The molecule has 102 valence electrons. The fourth-order valence-corrected chi connectivity index (χ4v) is 1.48. The molecule has 0 heterocycles. The van der Waals surface area contributed by atoms with Crippen molar-refractivity contribution in [3.05, 3.63) is 24.3 Å². The average molecular weight is 257 g/mol. The molecule has 0 saturated carbocycles. The highest BCUT2D eigenvalue weighted by molar-refractivity contribution is 5.31. The van der Waals surface area contributed by atoms with E-state index in [1.807, 2.05) is 0 Å². The van der Waals surface area contributed by atoms with Crippen LogP contribution in [0, 0.1) is 0 Å². The third-order valence-electron chi connectivity index (χ3n) is 2.64. The summed E-state index contributed by atoms with van der Waals surface area (Å²) >= 11 is 0. The quantitative estimate of drug-likeness (QED) is 0.586. The summed E-state index contributed by atoms with van der Waals surface area (Å²) in [5, 5.41) is 0. The zero-order chi connectivity index (χ0) is 13.6. The van der Waals surface area contributed by atoms with Crippen LogP contribution in [0.15, 0.2) is 24.3 Å². The molecule has 0 fully saturated rings. The molecule has 0 bridgehead atoms. The number of benzene rings is 1. The van der Waals surface area contributed by atoms with Gasteiger partial charge in [0.1, 0.15) is 17.6 Å². The van der Waals surface area contributed by atoms with E-state index >= 15 is 0 Å². The van der Waals surface area contributed by atoms with Crippen molar-refractivity contribution in [2.75, 3.05) is 21.3 Å². The molecule has 2 N–H and O–H groups in total. The molecule has 0 aromatic heterocycles. The van der Waals surface area contributed by atoms with Crippen molar-refractivity contribution in [1.29, 1.82) is 0 Å². The Bertz CT molecular complexity index is 350. The van der Waals surface area contributed by atoms with Gasteiger partial charge >= 0.3 is 5.97 Å². The fraction of sp³-hybridized carbons (Fsp3) is 0.500. The molecule has 1 aromatic rings. The minimum Gasteiger partial charge on any atom is -0.437 e. The summed E-state index contributed by atoms with van der Waals surface area (Å²) in [6.07, 6.45) is -0.419. The van der Waals surface area contributed by atoms with Gasteiger partial charge in [-0.3, -0.25) is 0 Å². The molecule has 6 nitrogen and oxygen atoms in total. The van der Waals surface area contributed by atoms with Crippen LogP contribution < -0.4 is 15.5 Å². The molecule has 1 aromatic carbocycles. The lowest BCUT2D eigenvalue weighted by Gasteiger charge is -2.34. The number of rotatable bonds is 7. The van der Waals surface area contributed by atoms with Crippen molar-refractivity contribution in [3.63, 3.8) is 0 Å². The lowest BCUT2D eigenvalue weighted by molar-refractivity contribution is -0.361. The first kappa shape index (κ1) is 14.7. The van der Waals surface area contributed by atoms with E-state index in [9.17, 15) is 0 Å². The molecule has 0 amide bonds. The summed E-state index contributed by atoms with van der Waals surface area (Å²) in [5.41, 5.74) is 0. The molecule has 1 unspecified atom stereocenters. The maximum atomic E-state index is 5.69. The van der Waals surface area contributed by atoms with E-state index in [0.717, 1.165) is 0 Å². The van der Waals surface area contributed by atoms with Crippen molar-refractivity contribution in [2.24, 2.45) is 5.90 Å². The molecule has 0 spiro atoms. The third kappa shape index (κ3) is 3.11. The van der Waals surface area contributed by atoms with Crippen LogP contribution in [0.1, 0.15) is 6.92 Å². The third-order valence-corrected chi connectivity index (χ3v) is 2.64. The van der Waals surface area contributed by atoms with Gasteiger partial charge in [-0.25, -0.2) is 0 Å². The number of hydrogen-bond donors (Lipinski definition) is 1. The predicted molar refractivity (Wildman–Crippen MR) is 65.1 cm³/mol. The zero-order valence-corrected chi connectivity index (χ0v) is 11.0. The normalized spacial score (nSPS) is 13.2. The van der Waals surface area contributed by atoms with E-state index in [0.29, 0.717) is 11.5 Å². The molecule has 1 rings (SSSR count). The maximum Gasteiger partial charge on any atom is 0.354 e. The first-order valence-electron chi connectivity index (χ1n) is 5.40. The summed E-state index contributed by atoms with van der Waals surface area (Å²) in [6, 6.07) is 6.72. The summed E-state index contributed by atoms with van der Waals surface area (Å²) in [4.78, 5) is 4.58. The molecule has 18 heavy (non-hydrogen) atoms. The highest BCUT2D eigenvalue weighted by Crippen LogP contribution is 2.26. The van der Waals surface area contributed by atoms with Crippen LogP contribution in [0.5, 0.6) is 11.5 Å². The molecule has 0 radical (unpaired) electrons. The first-order chi connectivity index (χ1) is 8.61. The Labute approximate surface area is 106 Å². The highest BCUT2D eigenvalue weighted by Gasteiger charge is 2.40. The van der Waals surface area contributed by atoms with Crippen molar-refractivity contribution in [1.82, 2.24) is 0 Å². The first-order valence-corrected chi connectivity index (χ1v) is 5.40. The molecule has 0 aliphatic rings. The number of nitrogens with two attached hydrogens (primary N) is 1. The molecule has 0 aliphatic carbocycles. The van der Waals surface area contributed by atoms with Gasteiger partial charge in [0.15, 0.2) is 0 Å². The molecule has 0 aliphatic heterocycles. The Hall–Kier alpha value is -1.34. The van der Waals surface area contributed by atoms with Crippen LogP contribution in [0.3, 0.4) is 0 Å². The lowest BCUT2D eigenvalue weighted by atomic mass is 10.3. The SMILES string of the molecule is COC(C)C(OC)(OC)Oc1ccc(ON)cc1. The van der Waals surface area contributed by atoms with Gasteiger partial charge in [-0.1, -0.05) is 0 Å². The number of hydrogen-bond acceptors (Lipinski definition) is 6. The highest BCUT2D eigenvalue weighted by atomic mass is 16.9. The van der Waals surface area contributed by atoms with Gasteiger partial charge in [-0.15, -0.1) is 0 Å². The Balaban J connectivity index is 2.88. The van der Waals surface area contributed by atoms with Gasteiger partial charge in [-0.2, -0.15) is 5.90 Å². The summed E-state index contributed by atoms with van der Waals surface area (Å²) < 4.78 is 21.4. The van der Waals surface area contributed by atoms with Crippen molar-refractivity contribution >= 4 is 0 Å². The standard InChI is InChI=1S/C12H19NO5/c1-9(14-2)12(15-3,16-4)17-10-5-7-11(18-13)8-6-10/h5-9H,13H2,1-4H3. The number of ether oxygens (including phenoxy) is 4. The maximum absolute atomic E-state index is 5.69. The molecule has 0 saturated heterocycles. The van der Waals surface area contributed by atoms with Gasteiger partial charge in [-0.05, 0) is 31.2 Å². The minimum absolute atomic E-state index is 0.419. The van der Waals surface area contributed by atoms with E-state index in [1.54, 1.807) is 38.3 Å². The van der Waals surface area contributed by atoms with E-state index in [-0.39, 0.29) is 0 Å². The predicted octanol–water partition coefficient (Wildman–Crippen LogP) is 1.30. The molecular formula is C12H19NO5. The summed E-state index contributed by atoms with van der Waals surface area (Å²) in [6.45, 7) is 1.78. The van der Waals surface area contributed by atoms with E-state index in [1.165, 1.54) is 14.2 Å². The summed E-state index contributed by atoms with van der Waals surface area (Å²) in [7, 11) is 4.51. The summed E-state index contributed by atoms with van der Waals surface area (Å²) in [5.74, 6) is 4.81. The fourth-order valence-electron chi connectivity index (χ4n) is 1.48. The van der Waals surface area contributed by atoms with Gasteiger partial charge in [0.05, 0.1) is 0 Å². The molecular weight excluding hydrogens is 238 g/mol. The smallest absolute Gasteiger partial charge is 0.354 e. The second kappa shape index (κ2) is 6.55. The van der Waals surface area contributed by atoms with Crippen LogP contribution in [-0.4, -0.2) is 33.4 Å². The van der Waals surface area contributed by atoms with Crippen molar-refractivity contribution < 1.29 is 23.8 Å². The van der Waals surface area contributed by atoms with Crippen LogP contribution >= 0.6 is 0 Å². The Morgan fingerprint density at radius 2 is 1.50 bits per heavy atom. The second-order valence-electron chi connectivity index (χ2n) is 3.58. The molecule has 1 atom stereocenters. The van der Waals surface area contributed by atoms with Crippen LogP contribution in [-0.2, 0) is 14.2 Å². The monoisotopic (exact) mass is 257 g/mol. The average Bonchev–Trinajstić information content (AvgIpc) is 2.44. The van der Waals surface area contributed by atoms with Crippen molar-refractivity contribution in [3.8, 4) is 11.5 Å². The van der Waals surface area contributed by atoms with Crippen LogP contribution in [0.25, 0.3) is 0 Å². The Morgan fingerprint density at radius 3 is 1.89 bits per heavy atom. The second-order valence-corrected chi connectivity index (χ2v) is 3.58. The van der Waals surface area contributed by atoms with E-state index in [4.69, 9.17) is 24.8 Å². The van der Waals surface area contributed by atoms with Gasteiger partial charge in [0.2, 0.25) is 0 Å². The van der Waals surface area contributed by atoms with Gasteiger partial charge < -0.3 is 23.8 Å². The largest absolute Gasteiger partial charge is 0.437 e. The Morgan fingerprint density at radius 1 is 1.00 bits per heavy atom. The zero-order valence-electron chi connectivity index (χ0n) is 11.0. The van der Waals surface area contributed by atoms with Crippen molar-refractivity contribution in [2.45, 2.75) is 19.0 Å².